The van der Waals surface area contributed by atoms with E-state index >= 15 is 0 Å². The lowest BCUT2D eigenvalue weighted by Gasteiger charge is -2.38. The maximum Gasteiger partial charge on any atom is 0.249 e. The Morgan fingerprint density at radius 2 is 2.06 bits per heavy atom. The van der Waals surface area contributed by atoms with Crippen molar-refractivity contribution in [3.63, 3.8) is 0 Å². The molecule has 0 N–H and O–H groups in total. The molecule has 1 aliphatic heterocycles. The number of fused-ring (bicyclic) bond motifs is 1. The Labute approximate surface area is 188 Å². The fourth-order valence-corrected chi connectivity index (χ4v) is 4.84. The van der Waals surface area contributed by atoms with Crippen molar-refractivity contribution in [3.05, 3.63) is 51.7 Å². The number of ether oxygens (including phenoxy) is 2. The summed E-state index contributed by atoms with van der Waals surface area (Å²) in [6, 6.07) is 9.79. The van der Waals surface area contributed by atoms with Crippen molar-refractivity contribution in [2.24, 2.45) is 0 Å². The van der Waals surface area contributed by atoms with E-state index in [1.807, 2.05) is 49.9 Å². The molecule has 2 atom stereocenters. The van der Waals surface area contributed by atoms with E-state index in [4.69, 9.17) is 9.47 Å². The smallest absolute Gasteiger partial charge is 0.249 e. The van der Waals surface area contributed by atoms with Gasteiger partial charge in [-0.15, -0.1) is 11.3 Å². The van der Waals surface area contributed by atoms with Crippen LogP contribution >= 0.6 is 11.3 Å². The Morgan fingerprint density at radius 1 is 1.29 bits per heavy atom. The van der Waals surface area contributed by atoms with E-state index in [0.717, 1.165) is 29.7 Å². The monoisotopic (exact) mass is 444 g/mol. The standard InChI is InChI=1S/C24H32N2O4S/c1-5-18(3)26(24(28)16-29-4)14-23(27)25-12-10-22-19(11-13-31-22)20(25)15-30-21-9-7-6-8-17(21)2/h6-9,11,13,18,20H,5,10,12,14-16H2,1-4H3. The van der Waals surface area contributed by atoms with Crippen molar-refractivity contribution in [3.8, 4) is 5.75 Å². The van der Waals surface area contributed by atoms with Crippen molar-refractivity contribution in [1.29, 1.82) is 0 Å². The number of para-hydroxylation sites is 1. The Balaban J connectivity index is 1.79. The average molecular weight is 445 g/mol. The number of hydrogen-bond acceptors (Lipinski definition) is 5. The van der Waals surface area contributed by atoms with Gasteiger partial charge < -0.3 is 19.3 Å². The third kappa shape index (κ3) is 5.46. The first-order valence-electron chi connectivity index (χ1n) is 10.8. The Hall–Kier alpha value is -2.38. The van der Waals surface area contributed by atoms with Crippen LogP contribution in [0.5, 0.6) is 5.75 Å². The van der Waals surface area contributed by atoms with Crippen LogP contribution in [0.3, 0.4) is 0 Å². The van der Waals surface area contributed by atoms with E-state index in [-0.39, 0.29) is 37.0 Å². The molecule has 1 aromatic carbocycles. The number of benzene rings is 1. The lowest BCUT2D eigenvalue weighted by atomic mass is 10.00. The molecular formula is C24H32N2O4S. The molecule has 0 bridgehead atoms. The van der Waals surface area contributed by atoms with E-state index in [2.05, 4.69) is 11.4 Å². The predicted molar refractivity (Wildman–Crippen MR) is 122 cm³/mol. The molecule has 1 aliphatic rings. The highest BCUT2D eigenvalue weighted by atomic mass is 32.1. The van der Waals surface area contributed by atoms with Gasteiger partial charge in [0.25, 0.3) is 0 Å². The van der Waals surface area contributed by atoms with Crippen LogP contribution in [0.1, 0.15) is 42.3 Å². The van der Waals surface area contributed by atoms with Crippen LogP contribution in [-0.2, 0) is 20.7 Å². The second-order valence-corrected chi connectivity index (χ2v) is 8.94. The molecule has 0 saturated carbocycles. The Morgan fingerprint density at radius 3 is 2.77 bits per heavy atom. The maximum absolute atomic E-state index is 13.4. The molecule has 2 amide bonds. The van der Waals surface area contributed by atoms with E-state index in [9.17, 15) is 9.59 Å². The van der Waals surface area contributed by atoms with E-state index in [1.165, 1.54) is 12.0 Å². The minimum absolute atomic E-state index is 0.0217. The van der Waals surface area contributed by atoms with Crippen molar-refractivity contribution < 1.29 is 19.1 Å². The zero-order chi connectivity index (χ0) is 22.4. The molecule has 0 aliphatic carbocycles. The Kier molecular flexibility index (Phi) is 8.09. The number of thiophene rings is 1. The number of aryl methyl sites for hydroxylation is 1. The minimum Gasteiger partial charge on any atom is -0.491 e. The van der Waals surface area contributed by atoms with Crippen LogP contribution in [-0.4, -0.2) is 61.1 Å². The quantitative estimate of drug-likeness (QED) is 0.590. The zero-order valence-electron chi connectivity index (χ0n) is 18.8. The molecule has 0 spiro atoms. The summed E-state index contributed by atoms with van der Waals surface area (Å²) in [5.41, 5.74) is 2.21. The average Bonchev–Trinajstić information content (AvgIpc) is 3.25. The first-order chi connectivity index (χ1) is 15.0. The zero-order valence-corrected chi connectivity index (χ0v) is 19.6. The fraction of sp³-hybridized carbons (Fsp3) is 0.500. The van der Waals surface area contributed by atoms with Gasteiger partial charge in [-0.3, -0.25) is 9.59 Å². The van der Waals surface area contributed by atoms with Gasteiger partial charge in [0.2, 0.25) is 11.8 Å². The van der Waals surface area contributed by atoms with E-state index < -0.39 is 0 Å². The van der Waals surface area contributed by atoms with Crippen LogP contribution in [0.2, 0.25) is 0 Å². The summed E-state index contributed by atoms with van der Waals surface area (Å²) >= 11 is 1.73. The first-order valence-corrected chi connectivity index (χ1v) is 11.7. The number of carbonyl (C=O) groups is 2. The summed E-state index contributed by atoms with van der Waals surface area (Å²) in [5.74, 6) is 0.611. The summed E-state index contributed by atoms with van der Waals surface area (Å²) in [4.78, 5) is 30.8. The third-order valence-corrected chi connectivity index (χ3v) is 6.92. The molecule has 168 valence electrons. The van der Waals surface area contributed by atoms with Crippen LogP contribution < -0.4 is 4.74 Å². The number of hydrogen-bond donors (Lipinski definition) is 0. The molecule has 6 nitrogen and oxygen atoms in total. The highest BCUT2D eigenvalue weighted by molar-refractivity contribution is 7.10. The molecule has 7 heteroatoms. The van der Waals surface area contributed by atoms with Gasteiger partial charge in [-0.2, -0.15) is 0 Å². The molecule has 2 aromatic rings. The molecular weight excluding hydrogens is 412 g/mol. The van der Waals surface area contributed by atoms with Crippen molar-refractivity contribution >= 4 is 23.2 Å². The van der Waals surface area contributed by atoms with Gasteiger partial charge in [0, 0.05) is 24.6 Å². The topological polar surface area (TPSA) is 59.1 Å². The molecule has 2 heterocycles. The van der Waals surface area contributed by atoms with Gasteiger partial charge >= 0.3 is 0 Å². The van der Waals surface area contributed by atoms with Crippen LogP contribution in [0.15, 0.2) is 35.7 Å². The first kappa shape index (κ1) is 23.3. The molecule has 1 aromatic heterocycles. The lowest BCUT2D eigenvalue weighted by molar-refractivity contribution is -0.146. The molecule has 31 heavy (non-hydrogen) atoms. The lowest BCUT2D eigenvalue weighted by Crippen LogP contribution is -2.50. The van der Waals surface area contributed by atoms with Gasteiger partial charge in [0.1, 0.15) is 25.5 Å². The van der Waals surface area contributed by atoms with Gasteiger partial charge in [-0.05, 0) is 55.3 Å². The van der Waals surface area contributed by atoms with Crippen molar-refractivity contribution in [1.82, 2.24) is 9.80 Å². The molecule has 0 radical (unpaired) electrons. The highest BCUT2D eigenvalue weighted by Crippen LogP contribution is 2.34. The maximum atomic E-state index is 13.4. The fourth-order valence-electron chi connectivity index (χ4n) is 3.91. The summed E-state index contributed by atoms with van der Waals surface area (Å²) < 4.78 is 11.2. The van der Waals surface area contributed by atoms with Gasteiger partial charge in [-0.1, -0.05) is 25.1 Å². The summed E-state index contributed by atoms with van der Waals surface area (Å²) in [5, 5.41) is 2.08. The van der Waals surface area contributed by atoms with Gasteiger partial charge in [0.15, 0.2) is 0 Å². The number of rotatable bonds is 9. The van der Waals surface area contributed by atoms with Crippen LogP contribution in [0, 0.1) is 6.92 Å². The van der Waals surface area contributed by atoms with E-state index in [1.54, 1.807) is 16.2 Å². The molecule has 0 fully saturated rings. The summed E-state index contributed by atoms with van der Waals surface area (Å²) in [6.07, 6.45) is 1.60. The highest BCUT2D eigenvalue weighted by Gasteiger charge is 2.34. The van der Waals surface area contributed by atoms with Crippen LogP contribution in [0.25, 0.3) is 0 Å². The largest absolute Gasteiger partial charge is 0.491 e. The van der Waals surface area contributed by atoms with Gasteiger partial charge in [0.05, 0.1) is 6.04 Å². The van der Waals surface area contributed by atoms with Gasteiger partial charge in [-0.25, -0.2) is 0 Å². The molecule has 3 rings (SSSR count). The predicted octanol–water partition coefficient (Wildman–Crippen LogP) is 3.83. The summed E-state index contributed by atoms with van der Waals surface area (Å²) in [6.45, 7) is 7.03. The number of amides is 2. The van der Waals surface area contributed by atoms with Crippen molar-refractivity contribution in [2.45, 2.75) is 45.7 Å². The van der Waals surface area contributed by atoms with Crippen LogP contribution in [0.4, 0.5) is 0 Å². The SMILES string of the molecule is CCC(C)N(CC(=O)N1CCc2sccc2C1COc1ccccc1C)C(=O)COC. The van der Waals surface area contributed by atoms with Crippen molar-refractivity contribution in [2.75, 3.05) is 33.4 Å². The minimum atomic E-state index is -0.168. The second kappa shape index (κ2) is 10.8. The van der Waals surface area contributed by atoms with E-state index in [0.29, 0.717) is 13.2 Å². The second-order valence-electron chi connectivity index (χ2n) is 7.94. The number of methoxy groups -OCH3 is 1. The normalized spacial score (nSPS) is 16.5. The summed E-state index contributed by atoms with van der Waals surface area (Å²) in [7, 11) is 1.50. The third-order valence-electron chi connectivity index (χ3n) is 5.92. The Bertz CT molecular complexity index is 897. The number of carbonyl (C=O) groups excluding carboxylic acids is 2. The number of nitrogens with zero attached hydrogens (tertiary/aromatic N) is 2. The molecule has 2 unspecified atom stereocenters. The molecule has 0 saturated heterocycles.